The van der Waals surface area contributed by atoms with Crippen molar-refractivity contribution in [3.05, 3.63) is 69.6 Å². The molecule has 1 heterocycles. The van der Waals surface area contributed by atoms with Crippen LogP contribution in [0, 0.1) is 0 Å². The van der Waals surface area contributed by atoms with Gasteiger partial charge in [0.05, 0.1) is 16.2 Å². The van der Waals surface area contributed by atoms with Gasteiger partial charge >= 0.3 is 5.97 Å². The predicted molar refractivity (Wildman–Crippen MR) is 101 cm³/mol. The molecule has 1 fully saturated rings. The second kappa shape index (κ2) is 6.76. The number of carbonyl (C=O) groups excluding carboxylic acids is 1. The summed E-state index contributed by atoms with van der Waals surface area (Å²) in [5, 5.41) is 9.49. The summed E-state index contributed by atoms with van der Waals surface area (Å²) in [6, 6.07) is 13.2. The first-order chi connectivity index (χ1) is 11.5. The van der Waals surface area contributed by atoms with E-state index < -0.39 is 5.97 Å². The predicted octanol–water partition coefficient (Wildman–Crippen LogP) is 4.44. The number of carbonyl (C=O) groups is 2. The van der Waals surface area contributed by atoms with E-state index in [1.165, 1.54) is 28.8 Å². The Labute approximate surface area is 152 Å². The number of amides is 1. The summed E-state index contributed by atoms with van der Waals surface area (Å²) < 4.78 is 0.390. The maximum Gasteiger partial charge on any atom is 0.335 e. The summed E-state index contributed by atoms with van der Waals surface area (Å²) in [7, 11) is 0. The maximum absolute atomic E-state index is 12.6. The van der Waals surface area contributed by atoms with E-state index in [0.29, 0.717) is 19.9 Å². The fourth-order valence-corrected chi connectivity index (χ4v) is 3.66. The molecule has 4 nitrogen and oxygen atoms in total. The maximum atomic E-state index is 12.6. The molecule has 7 heteroatoms. The van der Waals surface area contributed by atoms with Crippen LogP contribution in [0.5, 0.6) is 0 Å². The standard InChI is InChI=1S/C17H10ClNO3S2/c18-13-4-2-1-3-11(13)9-14-15(20)19(17(23)24-14)12-7-5-10(6-8-12)16(21)22/h1-9H,(H,21,22). The first-order valence-corrected chi connectivity index (χ1v) is 8.43. The lowest BCUT2D eigenvalue weighted by atomic mass is 10.2. The highest BCUT2D eigenvalue weighted by Gasteiger charge is 2.33. The van der Waals surface area contributed by atoms with Crippen LogP contribution in [-0.2, 0) is 4.79 Å². The minimum atomic E-state index is -1.02. The van der Waals surface area contributed by atoms with Gasteiger partial charge < -0.3 is 5.11 Å². The SMILES string of the molecule is O=C(O)c1ccc(N2C(=O)C(=Cc3ccccc3Cl)SC2=S)cc1. The lowest BCUT2D eigenvalue weighted by Gasteiger charge is -2.14. The number of hydrogen-bond donors (Lipinski definition) is 1. The lowest BCUT2D eigenvalue weighted by molar-refractivity contribution is -0.113. The van der Waals surface area contributed by atoms with Gasteiger partial charge in [0, 0.05) is 5.02 Å². The van der Waals surface area contributed by atoms with Gasteiger partial charge in [0.15, 0.2) is 4.32 Å². The Morgan fingerprint density at radius 3 is 2.46 bits per heavy atom. The van der Waals surface area contributed by atoms with Gasteiger partial charge in [-0.3, -0.25) is 9.69 Å². The normalized spacial score (nSPS) is 16.0. The van der Waals surface area contributed by atoms with Crippen LogP contribution >= 0.6 is 35.6 Å². The Kier molecular flexibility index (Phi) is 4.71. The Hall–Kier alpha value is -2.15. The third-order valence-corrected chi connectivity index (χ3v) is 5.00. The quantitative estimate of drug-likeness (QED) is 0.634. The molecular formula is C17H10ClNO3S2. The van der Waals surface area contributed by atoms with Crippen molar-refractivity contribution in [2.45, 2.75) is 0 Å². The molecule has 0 bridgehead atoms. The van der Waals surface area contributed by atoms with Crippen LogP contribution in [0.15, 0.2) is 53.4 Å². The van der Waals surface area contributed by atoms with E-state index >= 15 is 0 Å². The zero-order valence-corrected chi connectivity index (χ0v) is 14.5. The lowest BCUT2D eigenvalue weighted by Crippen LogP contribution is -2.27. The Morgan fingerprint density at radius 2 is 1.83 bits per heavy atom. The highest BCUT2D eigenvalue weighted by atomic mass is 35.5. The Balaban J connectivity index is 1.92. The fraction of sp³-hybridized carbons (Fsp3) is 0. The van der Waals surface area contributed by atoms with Crippen LogP contribution in [0.2, 0.25) is 5.02 Å². The monoisotopic (exact) mass is 375 g/mol. The summed E-state index contributed by atoms with van der Waals surface area (Å²) in [5.74, 6) is -1.28. The van der Waals surface area contributed by atoms with Crippen molar-refractivity contribution in [1.82, 2.24) is 0 Å². The second-order valence-electron chi connectivity index (χ2n) is 4.89. The van der Waals surface area contributed by atoms with E-state index in [2.05, 4.69) is 0 Å². The van der Waals surface area contributed by atoms with Crippen LogP contribution in [-0.4, -0.2) is 21.3 Å². The molecule has 0 unspecified atom stereocenters. The number of halogens is 1. The average molecular weight is 376 g/mol. The van der Waals surface area contributed by atoms with Gasteiger partial charge in [-0.25, -0.2) is 4.79 Å². The number of carboxylic acid groups (broad SMARTS) is 1. The third-order valence-electron chi connectivity index (χ3n) is 3.36. The molecule has 1 aliphatic rings. The summed E-state index contributed by atoms with van der Waals surface area (Å²) in [4.78, 5) is 25.4. The molecule has 2 aromatic rings. The molecule has 3 rings (SSSR count). The zero-order valence-electron chi connectivity index (χ0n) is 12.1. The summed E-state index contributed by atoms with van der Waals surface area (Å²) >= 11 is 12.6. The molecule has 1 aliphatic heterocycles. The Bertz CT molecular complexity index is 878. The van der Waals surface area contributed by atoms with Gasteiger partial charge in [-0.15, -0.1) is 0 Å². The van der Waals surface area contributed by atoms with Gasteiger partial charge in [0.25, 0.3) is 5.91 Å². The largest absolute Gasteiger partial charge is 0.478 e. The van der Waals surface area contributed by atoms with E-state index in [9.17, 15) is 9.59 Å². The van der Waals surface area contributed by atoms with Crippen LogP contribution in [0.4, 0.5) is 5.69 Å². The number of nitrogens with zero attached hydrogens (tertiary/aromatic N) is 1. The van der Waals surface area contributed by atoms with Gasteiger partial charge in [0.1, 0.15) is 0 Å². The molecule has 24 heavy (non-hydrogen) atoms. The summed E-state index contributed by atoms with van der Waals surface area (Å²) in [6.45, 7) is 0. The smallest absolute Gasteiger partial charge is 0.335 e. The van der Waals surface area contributed by atoms with Crippen LogP contribution in [0.1, 0.15) is 15.9 Å². The van der Waals surface area contributed by atoms with Gasteiger partial charge in [0.2, 0.25) is 0 Å². The van der Waals surface area contributed by atoms with Gasteiger partial charge in [-0.2, -0.15) is 0 Å². The van der Waals surface area contributed by atoms with E-state index in [-0.39, 0.29) is 11.5 Å². The van der Waals surface area contributed by atoms with Crippen molar-refractivity contribution in [1.29, 1.82) is 0 Å². The third kappa shape index (κ3) is 3.21. The van der Waals surface area contributed by atoms with E-state index in [4.69, 9.17) is 28.9 Å². The van der Waals surface area contributed by atoms with E-state index in [1.54, 1.807) is 24.3 Å². The molecule has 0 aromatic heterocycles. The van der Waals surface area contributed by atoms with Crippen molar-refractivity contribution >= 4 is 63.5 Å². The number of thiocarbonyl (C=S) groups is 1. The van der Waals surface area contributed by atoms with E-state index in [0.717, 1.165) is 5.56 Å². The number of aromatic carboxylic acids is 1. The van der Waals surface area contributed by atoms with Crippen molar-refractivity contribution in [2.24, 2.45) is 0 Å². The first-order valence-electron chi connectivity index (χ1n) is 6.83. The topological polar surface area (TPSA) is 57.6 Å². The van der Waals surface area contributed by atoms with Crippen molar-refractivity contribution in [2.75, 3.05) is 4.90 Å². The number of rotatable bonds is 3. The minimum Gasteiger partial charge on any atom is -0.478 e. The molecule has 0 saturated carbocycles. The summed E-state index contributed by atoms with van der Waals surface area (Å²) in [5.41, 5.74) is 1.42. The highest BCUT2D eigenvalue weighted by Crippen LogP contribution is 2.36. The number of thioether (sulfide) groups is 1. The molecule has 0 radical (unpaired) electrons. The van der Waals surface area contributed by atoms with Gasteiger partial charge in [-0.05, 0) is 42.0 Å². The van der Waals surface area contributed by atoms with Crippen molar-refractivity contribution in [3.8, 4) is 0 Å². The van der Waals surface area contributed by atoms with Crippen molar-refractivity contribution < 1.29 is 14.7 Å². The minimum absolute atomic E-state index is 0.149. The molecule has 120 valence electrons. The summed E-state index contributed by atoms with van der Waals surface area (Å²) in [6.07, 6.45) is 1.70. The first kappa shape index (κ1) is 16.7. The molecule has 0 aliphatic carbocycles. The number of anilines is 1. The van der Waals surface area contributed by atoms with Crippen LogP contribution < -0.4 is 4.90 Å². The van der Waals surface area contributed by atoms with Crippen LogP contribution in [0.3, 0.4) is 0 Å². The Morgan fingerprint density at radius 1 is 1.17 bits per heavy atom. The average Bonchev–Trinajstić information content (AvgIpc) is 2.84. The molecule has 1 amide bonds. The molecule has 1 N–H and O–H groups in total. The van der Waals surface area contributed by atoms with E-state index in [1.807, 2.05) is 18.2 Å². The fourth-order valence-electron chi connectivity index (χ4n) is 2.18. The number of benzene rings is 2. The van der Waals surface area contributed by atoms with Crippen molar-refractivity contribution in [3.63, 3.8) is 0 Å². The molecular weight excluding hydrogens is 366 g/mol. The molecule has 0 spiro atoms. The number of hydrogen-bond acceptors (Lipinski definition) is 4. The second-order valence-corrected chi connectivity index (χ2v) is 6.97. The molecule has 2 aromatic carbocycles. The van der Waals surface area contributed by atoms with Crippen LogP contribution in [0.25, 0.3) is 6.08 Å². The number of carboxylic acids is 1. The zero-order chi connectivity index (χ0) is 17.3. The van der Waals surface area contributed by atoms with Gasteiger partial charge in [-0.1, -0.05) is 53.8 Å². The molecule has 0 atom stereocenters. The molecule has 1 saturated heterocycles. The highest BCUT2D eigenvalue weighted by molar-refractivity contribution is 8.27.